The van der Waals surface area contributed by atoms with E-state index in [-0.39, 0.29) is 11.8 Å². The van der Waals surface area contributed by atoms with Gasteiger partial charge in [0.05, 0.1) is 12.5 Å². The Morgan fingerprint density at radius 3 is 2.77 bits per heavy atom. The van der Waals surface area contributed by atoms with Crippen LogP contribution in [0.3, 0.4) is 0 Å². The molecule has 2 aromatic rings. The Hall–Kier alpha value is -2.25. The molecule has 3 heterocycles. The minimum atomic E-state index is 0.0419. The van der Waals surface area contributed by atoms with Crippen LogP contribution in [0.2, 0.25) is 0 Å². The van der Waals surface area contributed by atoms with Gasteiger partial charge in [-0.2, -0.15) is 4.98 Å². The zero-order valence-electron chi connectivity index (χ0n) is 18.6. The molecular weight excluding hydrogens is 390 g/mol. The van der Waals surface area contributed by atoms with E-state index < -0.39 is 0 Å². The molecule has 0 spiro atoms. The fourth-order valence-electron chi connectivity index (χ4n) is 4.78. The van der Waals surface area contributed by atoms with Crippen LogP contribution in [-0.4, -0.2) is 65.1 Å². The fraction of sp³-hybridized carbons (Fsp3) is 0.625. The number of hydrogen-bond acceptors (Lipinski definition) is 6. The molecule has 1 N–H and O–H groups in total. The molecule has 0 saturated carbocycles. The Balaban J connectivity index is 1.19. The molecule has 7 heteroatoms. The molecule has 4 rings (SSSR count). The molecule has 1 amide bonds. The number of hydrogen-bond donors (Lipinski definition) is 1. The zero-order valence-corrected chi connectivity index (χ0v) is 18.6. The highest BCUT2D eigenvalue weighted by molar-refractivity contribution is 5.78. The first-order chi connectivity index (χ1) is 15.2. The first-order valence-electron chi connectivity index (χ1n) is 11.8. The van der Waals surface area contributed by atoms with Gasteiger partial charge in [0, 0.05) is 25.2 Å². The van der Waals surface area contributed by atoms with E-state index in [1.54, 1.807) is 0 Å². The van der Waals surface area contributed by atoms with Gasteiger partial charge in [0.25, 0.3) is 0 Å². The average Bonchev–Trinajstić information content (AvgIpc) is 3.26. The van der Waals surface area contributed by atoms with Crippen molar-refractivity contribution in [1.82, 2.24) is 25.3 Å². The third-order valence-electron chi connectivity index (χ3n) is 6.43. The van der Waals surface area contributed by atoms with Crippen molar-refractivity contribution in [1.29, 1.82) is 0 Å². The number of nitrogens with zero attached hydrogens (tertiary/aromatic N) is 4. The molecule has 2 atom stereocenters. The molecule has 2 aliphatic heterocycles. The topological polar surface area (TPSA) is 74.5 Å². The second kappa shape index (κ2) is 10.9. The minimum absolute atomic E-state index is 0.0419. The zero-order chi connectivity index (χ0) is 21.5. The van der Waals surface area contributed by atoms with Crippen LogP contribution < -0.4 is 5.32 Å². The van der Waals surface area contributed by atoms with E-state index in [4.69, 9.17) is 4.52 Å². The third-order valence-corrected chi connectivity index (χ3v) is 6.43. The van der Waals surface area contributed by atoms with Crippen LogP contribution in [0.25, 0.3) is 11.4 Å². The molecule has 2 unspecified atom stereocenters. The van der Waals surface area contributed by atoms with Crippen LogP contribution in [0, 0.1) is 11.8 Å². The van der Waals surface area contributed by atoms with Gasteiger partial charge in [-0.1, -0.05) is 42.4 Å². The van der Waals surface area contributed by atoms with Gasteiger partial charge in [-0.05, 0) is 57.7 Å². The van der Waals surface area contributed by atoms with E-state index >= 15 is 0 Å². The van der Waals surface area contributed by atoms with Crippen molar-refractivity contribution in [2.75, 3.05) is 39.3 Å². The molecule has 2 aliphatic rings. The van der Waals surface area contributed by atoms with Crippen LogP contribution in [0.1, 0.15) is 44.9 Å². The lowest BCUT2D eigenvalue weighted by molar-refractivity contribution is -0.126. The average molecular weight is 426 g/mol. The van der Waals surface area contributed by atoms with E-state index in [0.29, 0.717) is 18.3 Å². The number of nitrogens with one attached hydrogen (secondary N) is 1. The maximum Gasteiger partial charge on any atom is 0.241 e. The fourth-order valence-corrected chi connectivity index (χ4v) is 4.78. The highest BCUT2D eigenvalue weighted by atomic mass is 16.5. The molecule has 0 aliphatic carbocycles. The van der Waals surface area contributed by atoms with Gasteiger partial charge in [-0.3, -0.25) is 9.69 Å². The van der Waals surface area contributed by atoms with Crippen molar-refractivity contribution < 1.29 is 9.32 Å². The SMILES string of the molecule is CC1CCCN(CCCNC(=O)C2CCCN(Cc3nc(-c4ccccc4)no3)C2)C1. The van der Waals surface area contributed by atoms with Crippen molar-refractivity contribution >= 4 is 5.91 Å². The van der Waals surface area contributed by atoms with Gasteiger partial charge in [0.15, 0.2) is 0 Å². The lowest BCUT2D eigenvalue weighted by Crippen LogP contribution is -2.43. The maximum absolute atomic E-state index is 12.7. The monoisotopic (exact) mass is 425 g/mol. The quantitative estimate of drug-likeness (QED) is 0.655. The van der Waals surface area contributed by atoms with Gasteiger partial charge in [0.2, 0.25) is 17.6 Å². The van der Waals surface area contributed by atoms with Crippen LogP contribution in [0.5, 0.6) is 0 Å². The summed E-state index contributed by atoms with van der Waals surface area (Å²) >= 11 is 0. The molecular formula is C24H35N5O2. The number of carbonyl (C=O) groups excluding carboxylic acids is 1. The smallest absolute Gasteiger partial charge is 0.241 e. The van der Waals surface area contributed by atoms with Gasteiger partial charge in [0.1, 0.15) is 0 Å². The molecule has 1 aromatic heterocycles. The number of likely N-dealkylation sites (tertiary alicyclic amines) is 2. The summed E-state index contributed by atoms with van der Waals surface area (Å²) in [4.78, 5) is 22.0. The van der Waals surface area contributed by atoms with E-state index in [2.05, 4.69) is 32.2 Å². The lowest BCUT2D eigenvalue weighted by atomic mass is 9.97. The number of benzene rings is 1. The van der Waals surface area contributed by atoms with Gasteiger partial charge >= 0.3 is 0 Å². The minimum Gasteiger partial charge on any atom is -0.356 e. The first-order valence-corrected chi connectivity index (χ1v) is 11.8. The highest BCUT2D eigenvalue weighted by Crippen LogP contribution is 2.20. The predicted molar refractivity (Wildman–Crippen MR) is 120 cm³/mol. The highest BCUT2D eigenvalue weighted by Gasteiger charge is 2.27. The Kier molecular flexibility index (Phi) is 7.70. The van der Waals surface area contributed by atoms with Crippen LogP contribution in [0.4, 0.5) is 0 Å². The molecule has 1 aromatic carbocycles. The number of aromatic nitrogens is 2. The summed E-state index contributed by atoms with van der Waals surface area (Å²) in [6.07, 6.45) is 5.65. The first kappa shape index (κ1) is 22.0. The maximum atomic E-state index is 12.7. The van der Waals surface area contributed by atoms with Gasteiger partial charge in [-0.15, -0.1) is 0 Å². The number of carbonyl (C=O) groups is 1. The van der Waals surface area contributed by atoms with Gasteiger partial charge in [-0.25, -0.2) is 0 Å². The van der Waals surface area contributed by atoms with E-state index in [0.717, 1.165) is 56.9 Å². The second-order valence-corrected chi connectivity index (χ2v) is 9.14. The standard InChI is InChI=1S/C24H35N5O2/c1-19-8-5-13-28(16-19)15-7-12-25-24(30)21-11-6-14-29(17-21)18-22-26-23(27-31-22)20-9-3-2-4-10-20/h2-4,9-10,19,21H,5-8,11-18H2,1H3,(H,25,30). The van der Waals surface area contributed by atoms with Crippen molar-refractivity contribution in [2.45, 2.75) is 45.6 Å². The van der Waals surface area contributed by atoms with E-state index in [9.17, 15) is 4.79 Å². The summed E-state index contributed by atoms with van der Waals surface area (Å²) in [5.74, 6) is 2.26. The normalized spacial score (nSPS) is 23.0. The molecule has 31 heavy (non-hydrogen) atoms. The summed E-state index contributed by atoms with van der Waals surface area (Å²) in [6.45, 7) is 8.89. The van der Waals surface area contributed by atoms with E-state index in [1.165, 1.54) is 25.9 Å². The largest absolute Gasteiger partial charge is 0.356 e. The van der Waals surface area contributed by atoms with Crippen LogP contribution in [0.15, 0.2) is 34.9 Å². The van der Waals surface area contributed by atoms with E-state index in [1.807, 2.05) is 30.3 Å². The lowest BCUT2D eigenvalue weighted by Gasteiger charge is -2.31. The van der Waals surface area contributed by atoms with Gasteiger partial charge < -0.3 is 14.7 Å². The summed E-state index contributed by atoms with van der Waals surface area (Å²) < 4.78 is 5.45. The molecule has 168 valence electrons. The molecule has 0 radical (unpaired) electrons. The summed E-state index contributed by atoms with van der Waals surface area (Å²) in [5.41, 5.74) is 0.951. The second-order valence-electron chi connectivity index (χ2n) is 9.14. The number of rotatable bonds is 8. The summed E-state index contributed by atoms with van der Waals surface area (Å²) in [5, 5.41) is 7.27. The number of piperidine rings is 2. The Morgan fingerprint density at radius 1 is 1.13 bits per heavy atom. The Labute approximate surface area is 185 Å². The van der Waals surface area contributed by atoms with Crippen molar-refractivity contribution in [3.8, 4) is 11.4 Å². The molecule has 2 saturated heterocycles. The van der Waals surface area contributed by atoms with Crippen molar-refractivity contribution in [3.63, 3.8) is 0 Å². The molecule has 7 nitrogen and oxygen atoms in total. The Bertz CT molecular complexity index is 824. The summed E-state index contributed by atoms with van der Waals surface area (Å²) in [6, 6.07) is 9.85. The predicted octanol–water partition coefficient (Wildman–Crippen LogP) is 3.19. The molecule has 2 fully saturated rings. The van der Waals surface area contributed by atoms with Crippen LogP contribution in [-0.2, 0) is 11.3 Å². The third kappa shape index (κ3) is 6.37. The Morgan fingerprint density at radius 2 is 1.94 bits per heavy atom. The molecule has 0 bridgehead atoms. The van der Waals surface area contributed by atoms with Crippen molar-refractivity contribution in [2.24, 2.45) is 11.8 Å². The number of amides is 1. The van der Waals surface area contributed by atoms with Crippen LogP contribution >= 0.6 is 0 Å². The van der Waals surface area contributed by atoms with Crippen molar-refractivity contribution in [3.05, 3.63) is 36.2 Å². The summed E-state index contributed by atoms with van der Waals surface area (Å²) in [7, 11) is 0.